The van der Waals surface area contributed by atoms with Gasteiger partial charge in [0.25, 0.3) is 0 Å². The van der Waals surface area contributed by atoms with Crippen LogP contribution < -0.4 is 0 Å². The van der Waals surface area contributed by atoms with E-state index in [1.807, 2.05) is 11.8 Å². The van der Waals surface area contributed by atoms with Crippen LogP contribution in [0.15, 0.2) is 34.7 Å². The summed E-state index contributed by atoms with van der Waals surface area (Å²) in [6.45, 7) is 14.1. The molecular weight excluding hydrogens is 248 g/mol. The van der Waals surface area contributed by atoms with Crippen LogP contribution in [0.5, 0.6) is 0 Å². The first-order valence-electron chi connectivity index (χ1n) is 7.28. The maximum Gasteiger partial charge on any atom is 0.0200 e. The van der Waals surface area contributed by atoms with Gasteiger partial charge in [-0.1, -0.05) is 65.3 Å². The summed E-state index contributed by atoms with van der Waals surface area (Å²) in [5.41, 5.74) is 4.93. The van der Waals surface area contributed by atoms with Crippen molar-refractivity contribution in [2.45, 2.75) is 46.4 Å². The molecule has 1 atom stereocenters. The molecule has 0 saturated heterocycles. The molecule has 104 valence electrons. The Kier molecular flexibility index (Phi) is 4.15. The molecule has 0 radical (unpaired) electrons. The molecule has 19 heavy (non-hydrogen) atoms. The Morgan fingerprint density at radius 1 is 1.05 bits per heavy atom. The molecule has 0 bridgehead atoms. The average molecular weight is 274 g/mol. The van der Waals surface area contributed by atoms with Gasteiger partial charge in [0.2, 0.25) is 0 Å². The van der Waals surface area contributed by atoms with Crippen LogP contribution in [0, 0.1) is 17.3 Å². The van der Waals surface area contributed by atoms with Gasteiger partial charge < -0.3 is 0 Å². The summed E-state index contributed by atoms with van der Waals surface area (Å²) in [5, 5.41) is 0. The van der Waals surface area contributed by atoms with E-state index in [0.717, 1.165) is 5.75 Å². The standard InChI is InChI=1S/C18H26S/c1-12(2)13(3)15-11-19-16-10-8-7-9-14(16)17(15)18(4,5)6/h7-10,12-13H,11H2,1-6H3. The number of allylic oxidation sites excluding steroid dienone is 1. The first-order chi connectivity index (χ1) is 8.82. The Morgan fingerprint density at radius 2 is 1.68 bits per heavy atom. The lowest BCUT2D eigenvalue weighted by atomic mass is 9.75. The van der Waals surface area contributed by atoms with Crippen LogP contribution in [-0.2, 0) is 0 Å². The topological polar surface area (TPSA) is 0 Å². The van der Waals surface area contributed by atoms with E-state index in [0.29, 0.717) is 11.8 Å². The highest BCUT2D eigenvalue weighted by atomic mass is 32.2. The first kappa shape index (κ1) is 14.7. The molecule has 0 aromatic heterocycles. The van der Waals surface area contributed by atoms with Gasteiger partial charge in [-0.15, -0.1) is 11.8 Å². The molecule has 1 heteroatoms. The zero-order chi connectivity index (χ0) is 14.2. The number of rotatable bonds is 2. The molecule has 0 nitrogen and oxygen atoms in total. The lowest BCUT2D eigenvalue weighted by Gasteiger charge is -2.35. The molecule has 1 aliphatic rings. The maximum absolute atomic E-state index is 2.39. The van der Waals surface area contributed by atoms with E-state index in [9.17, 15) is 0 Å². The third kappa shape index (κ3) is 2.91. The highest BCUT2D eigenvalue weighted by Crippen LogP contribution is 2.48. The number of hydrogen-bond acceptors (Lipinski definition) is 1. The zero-order valence-electron chi connectivity index (χ0n) is 13.1. The molecule has 1 unspecified atom stereocenters. The van der Waals surface area contributed by atoms with Crippen LogP contribution >= 0.6 is 11.8 Å². The lowest BCUT2D eigenvalue weighted by Crippen LogP contribution is -2.21. The molecule has 0 spiro atoms. The average Bonchev–Trinajstić information content (AvgIpc) is 2.35. The van der Waals surface area contributed by atoms with Gasteiger partial charge in [-0.3, -0.25) is 0 Å². The van der Waals surface area contributed by atoms with Crippen LogP contribution in [0.1, 0.15) is 47.1 Å². The quantitative estimate of drug-likeness (QED) is 0.648. The van der Waals surface area contributed by atoms with Gasteiger partial charge in [-0.25, -0.2) is 0 Å². The van der Waals surface area contributed by atoms with Gasteiger partial charge in [0.1, 0.15) is 0 Å². The van der Waals surface area contributed by atoms with Crippen LogP contribution in [0.3, 0.4) is 0 Å². The number of benzene rings is 1. The summed E-state index contributed by atoms with van der Waals surface area (Å²) < 4.78 is 0. The van der Waals surface area contributed by atoms with Crippen molar-refractivity contribution in [1.82, 2.24) is 0 Å². The van der Waals surface area contributed by atoms with E-state index in [1.54, 1.807) is 11.1 Å². The van der Waals surface area contributed by atoms with Gasteiger partial charge in [-0.05, 0) is 34.5 Å². The summed E-state index contributed by atoms with van der Waals surface area (Å²) in [6, 6.07) is 8.90. The minimum atomic E-state index is 0.218. The highest BCUT2D eigenvalue weighted by Gasteiger charge is 2.30. The molecule has 2 rings (SSSR count). The molecule has 1 aliphatic heterocycles. The molecule has 0 fully saturated rings. The number of hydrogen-bond donors (Lipinski definition) is 0. The van der Waals surface area contributed by atoms with Crippen LogP contribution in [0.4, 0.5) is 0 Å². The van der Waals surface area contributed by atoms with Gasteiger partial charge in [0.05, 0.1) is 0 Å². The van der Waals surface area contributed by atoms with Gasteiger partial charge in [-0.2, -0.15) is 0 Å². The molecule has 1 aromatic rings. The monoisotopic (exact) mass is 274 g/mol. The second kappa shape index (κ2) is 5.36. The third-order valence-electron chi connectivity index (χ3n) is 4.16. The third-order valence-corrected chi connectivity index (χ3v) is 5.28. The second-order valence-electron chi connectivity index (χ2n) is 6.97. The fourth-order valence-electron chi connectivity index (χ4n) is 2.85. The molecular formula is C18H26S. The van der Waals surface area contributed by atoms with Crippen LogP contribution in [-0.4, -0.2) is 5.75 Å². The smallest absolute Gasteiger partial charge is 0.0200 e. The van der Waals surface area contributed by atoms with E-state index in [2.05, 4.69) is 65.8 Å². The minimum Gasteiger partial charge on any atom is -0.121 e. The van der Waals surface area contributed by atoms with Gasteiger partial charge in [0, 0.05) is 10.6 Å². The van der Waals surface area contributed by atoms with Crippen molar-refractivity contribution in [2.75, 3.05) is 5.75 Å². The minimum absolute atomic E-state index is 0.218. The molecule has 0 amide bonds. The molecule has 0 aliphatic carbocycles. The number of thioether (sulfide) groups is 1. The summed E-state index contributed by atoms with van der Waals surface area (Å²) in [6.07, 6.45) is 0. The van der Waals surface area contributed by atoms with Crippen LogP contribution in [0.25, 0.3) is 5.57 Å². The highest BCUT2D eigenvalue weighted by molar-refractivity contribution is 7.99. The van der Waals surface area contributed by atoms with Crippen molar-refractivity contribution < 1.29 is 0 Å². The van der Waals surface area contributed by atoms with Crippen molar-refractivity contribution >= 4 is 17.3 Å². The van der Waals surface area contributed by atoms with Crippen molar-refractivity contribution in [3.63, 3.8) is 0 Å². The van der Waals surface area contributed by atoms with E-state index in [-0.39, 0.29) is 5.41 Å². The Labute approximate surface area is 122 Å². The van der Waals surface area contributed by atoms with E-state index in [1.165, 1.54) is 10.5 Å². The Bertz CT molecular complexity index is 489. The van der Waals surface area contributed by atoms with Crippen LogP contribution in [0.2, 0.25) is 0 Å². The fraction of sp³-hybridized carbons (Fsp3) is 0.556. The second-order valence-corrected chi connectivity index (χ2v) is 7.98. The SMILES string of the molecule is CC(C)C(C)C1=C(C(C)(C)C)c2ccccc2SC1. The van der Waals surface area contributed by atoms with Gasteiger partial charge in [0.15, 0.2) is 0 Å². The van der Waals surface area contributed by atoms with Crippen molar-refractivity contribution in [3.8, 4) is 0 Å². The van der Waals surface area contributed by atoms with E-state index < -0.39 is 0 Å². The largest absolute Gasteiger partial charge is 0.121 e. The van der Waals surface area contributed by atoms with Crippen molar-refractivity contribution in [2.24, 2.45) is 17.3 Å². The summed E-state index contributed by atoms with van der Waals surface area (Å²) in [7, 11) is 0. The zero-order valence-corrected chi connectivity index (χ0v) is 13.9. The normalized spacial score (nSPS) is 17.6. The van der Waals surface area contributed by atoms with Gasteiger partial charge >= 0.3 is 0 Å². The molecule has 0 N–H and O–H groups in total. The molecule has 1 heterocycles. The van der Waals surface area contributed by atoms with E-state index >= 15 is 0 Å². The van der Waals surface area contributed by atoms with E-state index in [4.69, 9.17) is 0 Å². The predicted octanol–water partition coefficient (Wildman–Crippen LogP) is 5.88. The summed E-state index contributed by atoms with van der Waals surface area (Å²) in [5.74, 6) is 2.52. The Hall–Kier alpha value is -0.690. The predicted molar refractivity (Wildman–Crippen MR) is 87.5 cm³/mol. The van der Waals surface area contributed by atoms with Crippen molar-refractivity contribution in [1.29, 1.82) is 0 Å². The Balaban J connectivity index is 2.62. The number of fused-ring (bicyclic) bond motifs is 1. The molecule has 1 aromatic carbocycles. The summed E-state index contributed by atoms with van der Waals surface area (Å²) in [4.78, 5) is 1.45. The Morgan fingerprint density at radius 3 is 2.26 bits per heavy atom. The molecule has 0 saturated carbocycles. The fourth-order valence-corrected chi connectivity index (χ4v) is 4.07. The maximum atomic E-state index is 2.39. The first-order valence-corrected chi connectivity index (χ1v) is 8.26. The lowest BCUT2D eigenvalue weighted by molar-refractivity contribution is 0.470. The van der Waals surface area contributed by atoms with Crippen molar-refractivity contribution in [3.05, 3.63) is 35.4 Å². The summed E-state index contributed by atoms with van der Waals surface area (Å²) >= 11 is 2.00.